The van der Waals surface area contributed by atoms with Crippen molar-refractivity contribution in [3.05, 3.63) is 17.0 Å². The number of carboxylic acid groups (broad SMARTS) is 1. The number of carbonyl (C=O) groups is 2. The third kappa shape index (κ3) is 2.94. The molecule has 0 radical (unpaired) electrons. The molecule has 1 aromatic rings. The Morgan fingerprint density at radius 3 is 2.62 bits per heavy atom. The van der Waals surface area contributed by atoms with Crippen molar-refractivity contribution in [3.63, 3.8) is 0 Å². The van der Waals surface area contributed by atoms with Crippen LogP contribution in [0, 0.1) is 5.41 Å². The van der Waals surface area contributed by atoms with E-state index in [4.69, 9.17) is 4.52 Å². The van der Waals surface area contributed by atoms with Crippen molar-refractivity contribution in [1.82, 2.24) is 10.1 Å². The summed E-state index contributed by atoms with van der Waals surface area (Å²) < 4.78 is 5.26. The van der Waals surface area contributed by atoms with Crippen LogP contribution in [-0.4, -0.2) is 40.1 Å². The van der Waals surface area contributed by atoms with Crippen LogP contribution in [0.15, 0.2) is 4.52 Å². The molecular weight excluding hydrogens is 272 g/mol. The molecule has 21 heavy (non-hydrogen) atoms. The fourth-order valence-electron chi connectivity index (χ4n) is 2.75. The Labute approximate surface area is 124 Å². The summed E-state index contributed by atoms with van der Waals surface area (Å²) in [7, 11) is 0. The topological polar surface area (TPSA) is 83.6 Å². The number of aromatic nitrogens is 1. The summed E-state index contributed by atoms with van der Waals surface area (Å²) in [6.07, 6.45) is 2.16. The van der Waals surface area contributed by atoms with Crippen LogP contribution < -0.4 is 0 Å². The highest BCUT2D eigenvalue weighted by Gasteiger charge is 2.42. The molecular formula is C15H22N2O4. The zero-order valence-corrected chi connectivity index (χ0v) is 12.8. The Morgan fingerprint density at radius 2 is 2.10 bits per heavy atom. The van der Waals surface area contributed by atoms with Gasteiger partial charge in [-0.05, 0) is 19.8 Å². The number of aryl methyl sites for hydroxylation is 2. The van der Waals surface area contributed by atoms with Gasteiger partial charge in [-0.25, -0.2) is 0 Å². The molecule has 2 rings (SSSR count). The fraction of sp³-hybridized carbons (Fsp3) is 0.667. The van der Waals surface area contributed by atoms with E-state index < -0.39 is 11.4 Å². The van der Waals surface area contributed by atoms with Crippen molar-refractivity contribution in [2.75, 3.05) is 13.1 Å². The lowest BCUT2D eigenvalue weighted by atomic mass is 9.90. The second kappa shape index (κ2) is 5.87. The van der Waals surface area contributed by atoms with E-state index in [1.165, 1.54) is 0 Å². The first kappa shape index (κ1) is 15.5. The first-order valence-corrected chi connectivity index (χ1v) is 7.38. The number of carboxylic acids is 1. The standard InChI is InChI=1S/C15H22N2O4/c1-4-11-10(12(5-2)21-16-11)8-13(18)17-7-6-15(3,9-17)14(19)20/h4-9H2,1-3H3,(H,19,20). The van der Waals surface area contributed by atoms with Crippen LogP contribution in [-0.2, 0) is 28.9 Å². The van der Waals surface area contributed by atoms with E-state index in [0.29, 0.717) is 19.4 Å². The third-order valence-electron chi connectivity index (χ3n) is 4.28. The molecule has 6 nitrogen and oxygen atoms in total. The zero-order valence-electron chi connectivity index (χ0n) is 12.8. The molecule has 1 fully saturated rings. The van der Waals surface area contributed by atoms with Crippen LogP contribution in [0.1, 0.15) is 44.2 Å². The molecule has 0 spiro atoms. The molecule has 1 amide bonds. The number of hydrogen-bond acceptors (Lipinski definition) is 4. The predicted octanol–water partition coefficient (Wildman–Crippen LogP) is 1.67. The SMILES string of the molecule is CCc1noc(CC)c1CC(=O)N1CCC(C)(C(=O)O)C1. The van der Waals surface area contributed by atoms with Crippen molar-refractivity contribution in [3.8, 4) is 0 Å². The van der Waals surface area contributed by atoms with E-state index in [-0.39, 0.29) is 18.9 Å². The zero-order chi connectivity index (χ0) is 15.6. The molecule has 0 saturated carbocycles. The van der Waals surface area contributed by atoms with Crippen LogP contribution in [0.25, 0.3) is 0 Å². The van der Waals surface area contributed by atoms with Crippen molar-refractivity contribution in [2.24, 2.45) is 5.41 Å². The molecule has 6 heteroatoms. The van der Waals surface area contributed by atoms with Gasteiger partial charge in [0.1, 0.15) is 5.76 Å². The second-order valence-corrected chi connectivity index (χ2v) is 5.85. The summed E-state index contributed by atoms with van der Waals surface area (Å²) in [6, 6.07) is 0. The lowest BCUT2D eigenvalue weighted by Gasteiger charge is -2.20. The van der Waals surface area contributed by atoms with E-state index in [9.17, 15) is 14.7 Å². The predicted molar refractivity (Wildman–Crippen MR) is 75.9 cm³/mol. The minimum absolute atomic E-state index is 0.0485. The molecule has 1 aliphatic heterocycles. The molecule has 1 saturated heterocycles. The molecule has 116 valence electrons. The number of aliphatic carboxylic acids is 1. The number of rotatable bonds is 5. The van der Waals surface area contributed by atoms with Gasteiger partial charge in [-0.1, -0.05) is 19.0 Å². The van der Waals surface area contributed by atoms with Crippen molar-refractivity contribution in [1.29, 1.82) is 0 Å². The molecule has 0 aromatic carbocycles. The second-order valence-electron chi connectivity index (χ2n) is 5.85. The average Bonchev–Trinajstić information content (AvgIpc) is 3.03. The first-order chi connectivity index (χ1) is 9.91. The van der Waals surface area contributed by atoms with Gasteiger partial charge in [-0.15, -0.1) is 0 Å². The summed E-state index contributed by atoms with van der Waals surface area (Å²) in [5.41, 5.74) is 0.861. The smallest absolute Gasteiger partial charge is 0.311 e. The van der Waals surface area contributed by atoms with Crippen molar-refractivity contribution in [2.45, 2.75) is 46.5 Å². The lowest BCUT2D eigenvalue weighted by molar-refractivity contribution is -0.147. The average molecular weight is 294 g/mol. The van der Waals surface area contributed by atoms with Crippen molar-refractivity contribution < 1.29 is 19.2 Å². The quantitative estimate of drug-likeness (QED) is 0.893. The van der Waals surface area contributed by atoms with Crippen molar-refractivity contribution >= 4 is 11.9 Å². The number of hydrogen-bond donors (Lipinski definition) is 1. The van der Waals surface area contributed by atoms with Gasteiger partial charge in [0.25, 0.3) is 0 Å². The summed E-state index contributed by atoms with van der Waals surface area (Å²) in [5, 5.41) is 13.2. The molecule has 1 atom stereocenters. The summed E-state index contributed by atoms with van der Waals surface area (Å²) in [6.45, 7) is 6.40. The van der Waals surface area contributed by atoms with Gasteiger partial charge in [-0.2, -0.15) is 0 Å². The largest absolute Gasteiger partial charge is 0.481 e. The number of likely N-dealkylation sites (tertiary alicyclic amines) is 1. The van der Waals surface area contributed by atoms with Crippen LogP contribution in [0.4, 0.5) is 0 Å². The van der Waals surface area contributed by atoms with Crippen LogP contribution in [0.5, 0.6) is 0 Å². The molecule has 1 aliphatic rings. The van der Waals surface area contributed by atoms with Gasteiger partial charge in [0.2, 0.25) is 5.91 Å². The van der Waals surface area contributed by atoms with Gasteiger partial charge in [0, 0.05) is 25.1 Å². The van der Waals surface area contributed by atoms with Crippen LogP contribution >= 0.6 is 0 Å². The Kier molecular flexibility index (Phi) is 4.34. The Bertz CT molecular complexity index is 530. The summed E-state index contributed by atoms with van der Waals surface area (Å²) >= 11 is 0. The maximum atomic E-state index is 12.4. The third-order valence-corrected chi connectivity index (χ3v) is 4.28. The number of nitrogens with zero attached hydrogens (tertiary/aromatic N) is 2. The van der Waals surface area contributed by atoms with Crippen LogP contribution in [0.3, 0.4) is 0 Å². The number of carbonyl (C=O) groups excluding carboxylic acids is 1. The minimum atomic E-state index is -0.841. The van der Waals surface area contributed by atoms with E-state index in [1.807, 2.05) is 13.8 Å². The maximum Gasteiger partial charge on any atom is 0.311 e. The normalized spacial score (nSPS) is 21.8. The first-order valence-electron chi connectivity index (χ1n) is 7.38. The van der Waals surface area contributed by atoms with Gasteiger partial charge < -0.3 is 14.5 Å². The summed E-state index contributed by atoms with van der Waals surface area (Å²) in [4.78, 5) is 25.3. The highest BCUT2D eigenvalue weighted by atomic mass is 16.5. The molecule has 1 unspecified atom stereocenters. The maximum absolute atomic E-state index is 12.4. The molecule has 0 bridgehead atoms. The van der Waals surface area contributed by atoms with E-state index in [1.54, 1.807) is 11.8 Å². The van der Waals surface area contributed by atoms with Gasteiger partial charge >= 0.3 is 5.97 Å². The lowest BCUT2D eigenvalue weighted by Crippen LogP contribution is -2.35. The number of amides is 1. The van der Waals surface area contributed by atoms with Gasteiger partial charge in [-0.3, -0.25) is 9.59 Å². The Balaban J connectivity index is 2.10. The molecule has 0 aliphatic carbocycles. The van der Waals surface area contributed by atoms with E-state index in [0.717, 1.165) is 23.4 Å². The Morgan fingerprint density at radius 1 is 1.38 bits per heavy atom. The van der Waals surface area contributed by atoms with Gasteiger partial charge in [0.15, 0.2) is 0 Å². The Hall–Kier alpha value is -1.85. The molecule has 1 aromatic heterocycles. The fourth-order valence-corrected chi connectivity index (χ4v) is 2.75. The van der Waals surface area contributed by atoms with E-state index in [2.05, 4.69) is 5.16 Å². The highest BCUT2D eigenvalue weighted by Crippen LogP contribution is 2.30. The van der Waals surface area contributed by atoms with Crippen LogP contribution in [0.2, 0.25) is 0 Å². The summed E-state index contributed by atoms with van der Waals surface area (Å²) in [5.74, 6) is -0.140. The minimum Gasteiger partial charge on any atom is -0.481 e. The van der Waals surface area contributed by atoms with E-state index >= 15 is 0 Å². The highest BCUT2D eigenvalue weighted by molar-refractivity contribution is 5.82. The molecule has 1 N–H and O–H groups in total. The van der Waals surface area contributed by atoms with Gasteiger partial charge in [0.05, 0.1) is 17.5 Å². The molecule has 2 heterocycles. The monoisotopic (exact) mass is 294 g/mol.